The van der Waals surface area contributed by atoms with Gasteiger partial charge in [0.1, 0.15) is 22.3 Å². The lowest BCUT2D eigenvalue weighted by atomic mass is 9.85. The summed E-state index contributed by atoms with van der Waals surface area (Å²) in [4.78, 5) is 0. The van der Waals surface area contributed by atoms with Gasteiger partial charge >= 0.3 is 0 Å². The third kappa shape index (κ3) is 5.38. The SMILES string of the molecule is c1ccc2c(c1)oc1cc(-c3c4ccccc4c(-c4ccc5c(c4)sc4ccc(-c6c7ccccc7c(-c7ccc8c(c7)oc7ccccc78)c7ccccc67)cc45)c4ccccc34)ccc12. The molecule has 15 rings (SSSR count). The van der Waals surface area contributed by atoms with Gasteiger partial charge < -0.3 is 8.83 Å². The molecule has 15 aromatic rings. The summed E-state index contributed by atoms with van der Waals surface area (Å²) in [6, 6.07) is 79.9. The van der Waals surface area contributed by atoms with Gasteiger partial charge in [0.2, 0.25) is 0 Å². The molecule has 2 nitrogen and oxygen atoms in total. The van der Waals surface area contributed by atoms with Crippen LogP contribution in [0.2, 0.25) is 0 Å². The van der Waals surface area contributed by atoms with E-state index >= 15 is 0 Å². The number of thiophene rings is 1. The third-order valence-electron chi connectivity index (χ3n) is 14.2. The van der Waals surface area contributed by atoms with Crippen LogP contribution < -0.4 is 0 Å². The van der Waals surface area contributed by atoms with Crippen molar-refractivity contribution in [1.82, 2.24) is 0 Å². The molecule has 3 heterocycles. The van der Waals surface area contributed by atoms with E-state index in [9.17, 15) is 0 Å². The zero-order valence-electron chi connectivity index (χ0n) is 36.0. The largest absolute Gasteiger partial charge is 0.456 e. The molecule has 0 aliphatic heterocycles. The van der Waals surface area contributed by atoms with Crippen LogP contribution in [0.15, 0.2) is 227 Å². The van der Waals surface area contributed by atoms with Crippen molar-refractivity contribution >= 4 is 118 Å². The van der Waals surface area contributed by atoms with Crippen molar-refractivity contribution in [1.29, 1.82) is 0 Å². The van der Waals surface area contributed by atoms with Gasteiger partial charge in [0.25, 0.3) is 0 Å². The minimum absolute atomic E-state index is 0.907. The smallest absolute Gasteiger partial charge is 0.136 e. The van der Waals surface area contributed by atoms with Crippen LogP contribution in [0.5, 0.6) is 0 Å². The lowest BCUT2D eigenvalue weighted by Crippen LogP contribution is -1.91. The molecule has 3 aromatic heterocycles. The molecular formula is C64H36O2S. The molecule has 0 aliphatic carbocycles. The van der Waals surface area contributed by atoms with Gasteiger partial charge in [-0.15, -0.1) is 11.3 Å². The van der Waals surface area contributed by atoms with Crippen LogP contribution in [0.3, 0.4) is 0 Å². The fraction of sp³-hybridized carbons (Fsp3) is 0. The monoisotopic (exact) mass is 868 g/mol. The van der Waals surface area contributed by atoms with E-state index in [0.717, 1.165) is 55.0 Å². The Bertz CT molecular complexity index is 4470. The Hall–Kier alpha value is -8.50. The number of rotatable bonds is 4. The highest BCUT2D eigenvalue weighted by molar-refractivity contribution is 7.25. The first-order chi connectivity index (χ1) is 33.2. The van der Waals surface area contributed by atoms with Crippen LogP contribution in [-0.4, -0.2) is 0 Å². The topological polar surface area (TPSA) is 26.3 Å². The first-order valence-electron chi connectivity index (χ1n) is 22.9. The molecule has 0 unspecified atom stereocenters. The minimum atomic E-state index is 0.907. The average molecular weight is 869 g/mol. The zero-order chi connectivity index (χ0) is 43.7. The Kier molecular flexibility index (Phi) is 7.69. The molecule has 310 valence electrons. The number of furan rings is 2. The lowest BCUT2D eigenvalue weighted by molar-refractivity contribution is 0.668. The van der Waals surface area contributed by atoms with Crippen LogP contribution in [-0.2, 0) is 0 Å². The second-order valence-electron chi connectivity index (χ2n) is 17.8. The molecule has 0 bridgehead atoms. The van der Waals surface area contributed by atoms with Crippen molar-refractivity contribution in [3.05, 3.63) is 218 Å². The van der Waals surface area contributed by atoms with Crippen LogP contribution >= 0.6 is 11.3 Å². The van der Waals surface area contributed by atoms with Gasteiger partial charge in [0, 0.05) is 41.7 Å². The first kappa shape index (κ1) is 36.8. The normalized spacial score (nSPS) is 12.2. The van der Waals surface area contributed by atoms with Gasteiger partial charge in [0.15, 0.2) is 0 Å². The minimum Gasteiger partial charge on any atom is -0.456 e. The molecule has 0 N–H and O–H groups in total. The Morgan fingerprint density at radius 2 is 0.522 bits per heavy atom. The highest BCUT2D eigenvalue weighted by atomic mass is 32.1. The van der Waals surface area contributed by atoms with Gasteiger partial charge in [-0.05, 0) is 142 Å². The highest BCUT2D eigenvalue weighted by Crippen LogP contribution is 2.49. The summed E-state index contributed by atoms with van der Waals surface area (Å²) in [6.45, 7) is 0. The summed E-state index contributed by atoms with van der Waals surface area (Å²) in [5.74, 6) is 0. The van der Waals surface area contributed by atoms with Crippen molar-refractivity contribution in [2.24, 2.45) is 0 Å². The lowest BCUT2D eigenvalue weighted by Gasteiger charge is -2.18. The van der Waals surface area contributed by atoms with E-state index in [1.807, 2.05) is 23.5 Å². The summed E-state index contributed by atoms with van der Waals surface area (Å²) >= 11 is 1.88. The summed E-state index contributed by atoms with van der Waals surface area (Å²) in [5, 5.41) is 17.0. The Balaban J connectivity index is 0.891. The molecule has 0 saturated carbocycles. The molecule has 0 aliphatic rings. The van der Waals surface area contributed by atoms with Gasteiger partial charge in [-0.2, -0.15) is 0 Å². The van der Waals surface area contributed by atoms with Crippen molar-refractivity contribution < 1.29 is 8.83 Å². The Morgan fingerprint density at radius 3 is 0.940 bits per heavy atom. The van der Waals surface area contributed by atoms with Crippen molar-refractivity contribution in [3.8, 4) is 44.5 Å². The number of para-hydroxylation sites is 2. The molecule has 0 atom stereocenters. The van der Waals surface area contributed by atoms with Crippen molar-refractivity contribution in [3.63, 3.8) is 0 Å². The summed E-state index contributed by atoms with van der Waals surface area (Å²) < 4.78 is 15.4. The Labute approximate surface area is 388 Å². The molecule has 0 amide bonds. The van der Waals surface area contributed by atoms with Crippen LogP contribution in [0.25, 0.3) is 152 Å². The van der Waals surface area contributed by atoms with E-state index in [0.29, 0.717) is 0 Å². The maximum absolute atomic E-state index is 6.41. The predicted octanol–water partition coefficient (Wildman–Crippen LogP) is 19.1. The second-order valence-corrected chi connectivity index (χ2v) is 18.9. The molecule has 0 spiro atoms. The molecule has 12 aromatic carbocycles. The first-order valence-corrected chi connectivity index (χ1v) is 23.7. The molecule has 0 fully saturated rings. The fourth-order valence-corrected chi connectivity index (χ4v) is 12.5. The van der Waals surface area contributed by atoms with Gasteiger partial charge in [-0.25, -0.2) is 0 Å². The van der Waals surface area contributed by atoms with E-state index in [1.54, 1.807) is 0 Å². The molecule has 0 radical (unpaired) electrons. The van der Waals surface area contributed by atoms with Crippen LogP contribution in [0.1, 0.15) is 0 Å². The average Bonchev–Trinajstić information content (AvgIpc) is 4.07. The van der Waals surface area contributed by atoms with E-state index in [-0.39, 0.29) is 0 Å². The maximum atomic E-state index is 6.41. The van der Waals surface area contributed by atoms with Gasteiger partial charge in [0.05, 0.1) is 0 Å². The van der Waals surface area contributed by atoms with E-state index in [4.69, 9.17) is 8.83 Å². The standard InChI is InChI=1S/C64H36O2S/c1-3-17-48-46(15-1)61(47-16-2-4-18-49(47)62(48)38-25-29-43-41-13-9-11-23-55(41)65-57(43)34-38)37-28-32-59-54(33-37)45-31-27-40(36-60(45)67-59)64-52-21-7-5-19-50(52)63(51-20-6-8-22-53(51)64)39-26-30-44-42-14-10-12-24-56(42)66-58(44)35-39/h1-36H. The van der Waals surface area contributed by atoms with Crippen LogP contribution in [0, 0.1) is 0 Å². The van der Waals surface area contributed by atoms with E-state index < -0.39 is 0 Å². The molecule has 67 heavy (non-hydrogen) atoms. The quantitative estimate of drug-likeness (QED) is 0.165. The summed E-state index contributed by atoms with van der Waals surface area (Å²) in [7, 11) is 0. The Morgan fingerprint density at radius 1 is 0.209 bits per heavy atom. The number of benzene rings is 12. The van der Waals surface area contributed by atoms with Crippen molar-refractivity contribution in [2.75, 3.05) is 0 Å². The predicted molar refractivity (Wildman–Crippen MR) is 286 cm³/mol. The maximum Gasteiger partial charge on any atom is 0.136 e. The zero-order valence-corrected chi connectivity index (χ0v) is 36.8. The van der Waals surface area contributed by atoms with E-state index in [1.165, 1.54) is 96.6 Å². The van der Waals surface area contributed by atoms with E-state index in [2.05, 4.69) is 206 Å². The number of hydrogen-bond donors (Lipinski definition) is 0. The fourth-order valence-electron chi connectivity index (χ4n) is 11.4. The van der Waals surface area contributed by atoms with Gasteiger partial charge in [-0.1, -0.05) is 164 Å². The number of fused-ring (bicyclic) bond motifs is 13. The van der Waals surface area contributed by atoms with Crippen LogP contribution in [0.4, 0.5) is 0 Å². The molecule has 0 saturated heterocycles. The second kappa shape index (κ2) is 14.0. The van der Waals surface area contributed by atoms with Gasteiger partial charge in [-0.3, -0.25) is 0 Å². The van der Waals surface area contributed by atoms with Crippen molar-refractivity contribution in [2.45, 2.75) is 0 Å². The number of hydrogen-bond acceptors (Lipinski definition) is 3. The highest BCUT2D eigenvalue weighted by Gasteiger charge is 2.21. The summed E-state index contributed by atoms with van der Waals surface area (Å²) in [6.07, 6.45) is 0. The molecular weight excluding hydrogens is 833 g/mol. The summed E-state index contributed by atoms with van der Waals surface area (Å²) in [5.41, 5.74) is 13.4. The molecule has 3 heteroatoms. The third-order valence-corrected chi connectivity index (χ3v) is 15.4.